The lowest BCUT2D eigenvalue weighted by molar-refractivity contribution is -0.114. The number of halogens is 1. The first-order chi connectivity index (χ1) is 14.8. The van der Waals surface area contributed by atoms with Gasteiger partial charge in [-0.2, -0.15) is 0 Å². The maximum Gasteiger partial charge on any atom is 0.264 e. The van der Waals surface area contributed by atoms with Crippen molar-refractivity contribution in [2.75, 3.05) is 22.8 Å². The minimum atomic E-state index is -3.99. The van der Waals surface area contributed by atoms with Gasteiger partial charge in [-0.15, -0.1) is 0 Å². The quantitative estimate of drug-likeness (QED) is 0.522. The van der Waals surface area contributed by atoms with Crippen LogP contribution in [0.1, 0.15) is 12.5 Å². The molecule has 0 aliphatic rings. The van der Waals surface area contributed by atoms with E-state index in [4.69, 9.17) is 16.3 Å². The summed E-state index contributed by atoms with van der Waals surface area (Å²) >= 11 is 5.90. The number of carbonyl (C=O) groups excluding carboxylic acids is 1. The first kappa shape index (κ1) is 22.7. The number of nitrogens with zero attached hydrogens (tertiary/aromatic N) is 1. The van der Waals surface area contributed by atoms with Gasteiger partial charge in [0, 0.05) is 10.7 Å². The fourth-order valence-electron chi connectivity index (χ4n) is 2.89. The number of carbonyl (C=O) groups is 1. The van der Waals surface area contributed by atoms with Crippen molar-refractivity contribution in [1.29, 1.82) is 0 Å². The maximum absolute atomic E-state index is 13.3. The van der Waals surface area contributed by atoms with Crippen LogP contribution in [-0.4, -0.2) is 27.5 Å². The number of nitrogens with one attached hydrogen (secondary N) is 1. The number of rotatable bonds is 8. The average molecular weight is 459 g/mol. The molecule has 1 N–H and O–H groups in total. The molecular weight excluding hydrogens is 436 g/mol. The Morgan fingerprint density at radius 3 is 2.16 bits per heavy atom. The van der Waals surface area contributed by atoms with Crippen LogP contribution in [0.2, 0.25) is 5.02 Å². The molecule has 0 aliphatic heterocycles. The molecule has 3 rings (SSSR count). The first-order valence-corrected chi connectivity index (χ1v) is 11.5. The predicted octanol–water partition coefficient (Wildman–Crippen LogP) is 4.88. The monoisotopic (exact) mass is 458 g/mol. The molecule has 6 nitrogen and oxygen atoms in total. The second kappa shape index (κ2) is 9.85. The Morgan fingerprint density at radius 1 is 0.968 bits per heavy atom. The van der Waals surface area contributed by atoms with E-state index >= 15 is 0 Å². The summed E-state index contributed by atoms with van der Waals surface area (Å²) < 4.78 is 33.1. The third kappa shape index (κ3) is 5.77. The van der Waals surface area contributed by atoms with Crippen LogP contribution in [0, 0.1) is 6.92 Å². The summed E-state index contributed by atoms with van der Waals surface area (Å²) in [4.78, 5) is 12.8. The van der Waals surface area contributed by atoms with Crippen LogP contribution in [0.15, 0.2) is 77.7 Å². The molecule has 3 aromatic carbocycles. The van der Waals surface area contributed by atoms with E-state index in [9.17, 15) is 13.2 Å². The molecule has 1 amide bonds. The van der Waals surface area contributed by atoms with Crippen molar-refractivity contribution >= 4 is 38.9 Å². The van der Waals surface area contributed by atoms with E-state index in [1.807, 2.05) is 13.8 Å². The molecule has 0 radical (unpaired) electrons. The summed E-state index contributed by atoms with van der Waals surface area (Å²) in [5, 5.41) is 3.16. The lowest BCUT2D eigenvalue weighted by Gasteiger charge is -2.24. The number of aryl methyl sites for hydroxylation is 1. The summed E-state index contributed by atoms with van der Waals surface area (Å²) in [6.45, 7) is 3.94. The molecule has 0 unspecified atom stereocenters. The van der Waals surface area contributed by atoms with Gasteiger partial charge < -0.3 is 10.1 Å². The normalized spacial score (nSPS) is 11.1. The zero-order valence-electron chi connectivity index (χ0n) is 17.2. The lowest BCUT2D eigenvalue weighted by atomic mass is 10.2. The van der Waals surface area contributed by atoms with E-state index in [-0.39, 0.29) is 11.4 Å². The smallest absolute Gasteiger partial charge is 0.264 e. The summed E-state index contributed by atoms with van der Waals surface area (Å²) in [5.41, 5.74) is 1.91. The number of hydrogen-bond acceptors (Lipinski definition) is 4. The predicted molar refractivity (Wildman–Crippen MR) is 123 cm³/mol. The molecule has 0 saturated heterocycles. The summed E-state index contributed by atoms with van der Waals surface area (Å²) in [7, 11) is -3.99. The van der Waals surface area contributed by atoms with Crippen LogP contribution in [0.3, 0.4) is 0 Å². The van der Waals surface area contributed by atoms with E-state index in [2.05, 4.69) is 5.32 Å². The molecule has 31 heavy (non-hydrogen) atoms. The number of anilines is 2. The number of ether oxygens (including phenoxy) is 1. The van der Waals surface area contributed by atoms with Crippen LogP contribution >= 0.6 is 11.6 Å². The lowest BCUT2D eigenvalue weighted by Crippen LogP contribution is -2.38. The zero-order chi connectivity index (χ0) is 22.4. The van der Waals surface area contributed by atoms with E-state index < -0.39 is 15.9 Å². The van der Waals surface area contributed by atoms with Crippen LogP contribution in [-0.2, 0) is 14.8 Å². The number of amides is 1. The topological polar surface area (TPSA) is 75.7 Å². The number of sulfonamides is 1. The average Bonchev–Trinajstić information content (AvgIpc) is 2.75. The van der Waals surface area contributed by atoms with Crippen molar-refractivity contribution in [2.45, 2.75) is 18.7 Å². The van der Waals surface area contributed by atoms with Gasteiger partial charge in [0.2, 0.25) is 5.91 Å². The molecule has 0 aromatic heterocycles. The Morgan fingerprint density at radius 2 is 1.58 bits per heavy atom. The van der Waals surface area contributed by atoms with Crippen molar-refractivity contribution in [2.24, 2.45) is 0 Å². The SMILES string of the molecule is CCOc1ccc(NC(=O)CN(c2ccc(C)cc2)S(=O)(=O)c2ccc(Cl)cc2)cc1. The van der Waals surface area contributed by atoms with Gasteiger partial charge in [0.1, 0.15) is 12.3 Å². The first-order valence-electron chi connectivity index (χ1n) is 9.67. The van der Waals surface area contributed by atoms with Gasteiger partial charge >= 0.3 is 0 Å². The van der Waals surface area contributed by atoms with Gasteiger partial charge in [-0.1, -0.05) is 29.3 Å². The largest absolute Gasteiger partial charge is 0.494 e. The number of benzene rings is 3. The van der Waals surface area contributed by atoms with E-state index in [0.717, 1.165) is 9.87 Å². The van der Waals surface area contributed by atoms with Crippen LogP contribution in [0.4, 0.5) is 11.4 Å². The molecule has 0 saturated carbocycles. The summed E-state index contributed by atoms with van der Waals surface area (Å²) in [5.74, 6) is 0.217. The molecule has 0 spiro atoms. The third-order valence-electron chi connectivity index (χ3n) is 4.46. The Hall–Kier alpha value is -3.03. The highest BCUT2D eigenvalue weighted by atomic mass is 35.5. The van der Waals surface area contributed by atoms with Gasteiger partial charge in [-0.3, -0.25) is 9.10 Å². The van der Waals surface area contributed by atoms with E-state index in [0.29, 0.717) is 28.8 Å². The van der Waals surface area contributed by atoms with Crippen molar-refractivity contribution in [3.05, 3.63) is 83.4 Å². The zero-order valence-corrected chi connectivity index (χ0v) is 18.8. The van der Waals surface area contributed by atoms with Gasteiger partial charge in [-0.05, 0) is 74.5 Å². The van der Waals surface area contributed by atoms with Gasteiger partial charge in [0.25, 0.3) is 10.0 Å². The second-order valence-electron chi connectivity index (χ2n) is 6.81. The Bertz CT molecular complexity index is 1130. The van der Waals surface area contributed by atoms with Gasteiger partial charge in [0.15, 0.2) is 0 Å². The molecule has 162 valence electrons. The molecule has 0 aliphatic carbocycles. The fourth-order valence-corrected chi connectivity index (χ4v) is 4.44. The van der Waals surface area contributed by atoms with E-state index in [1.165, 1.54) is 24.3 Å². The second-order valence-corrected chi connectivity index (χ2v) is 9.11. The standard InChI is InChI=1S/C23H23ClN2O4S/c1-3-30-21-12-8-19(9-13-21)25-23(27)16-26(20-10-4-17(2)5-11-20)31(28,29)22-14-6-18(24)7-15-22/h4-15H,3,16H2,1-2H3,(H,25,27). The van der Waals surface area contributed by atoms with Crippen molar-refractivity contribution in [1.82, 2.24) is 0 Å². The van der Waals surface area contributed by atoms with Crippen molar-refractivity contribution in [3.8, 4) is 5.75 Å². The highest BCUT2D eigenvalue weighted by Crippen LogP contribution is 2.25. The summed E-state index contributed by atoms with van der Waals surface area (Å²) in [6, 6.07) is 19.7. The van der Waals surface area contributed by atoms with Gasteiger partial charge in [-0.25, -0.2) is 8.42 Å². The Labute approximate surface area is 187 Å². The minimum absolute atomic E-state index is 0.0475. The Balaban J connectivity index is 1.86. The van der Waals surface area contributed by atoms with E-state index in [1.54, 1.807) is 48.5 Å². The summed E-state index contributed by atoms with van der Waals surface area (Å²) in [6.07, 6.45) is 0. The van der Waals surface area contributed by atoms with Crippen LogP contribution in [0.5, 0.6) is 5.75 Å². The number of hydrogen-bond donors (Lipinski definition) is 1. The Kier molecular flexibility index (Phi) is 7.20. The minimum Gasteiger partial charge on any atom is -0.494 e. The highest BCUT2D eigenvalue weighted by Gasteiger charge is 2.27. The molecule has 8 heteroatoms. The van der Waals surface area contributed by atoms with Gasteiger partial charge in [0.05, 0.1) is 17.2 Å². The van der Waals surface area contributed by atoms with Crippen LogP contribution in [0.25, 0.3) is 0 Å². The highest BCUT2D eigenvalue weighted by molar-refractivity contribution is 7.92. The molecule has 0 heterocycles. The third-order valence-corrected chi connectivity index (χ3v) is 6.50. The fraction of sp³-hybridized carbons (Fsp3) is 0.174. The molecule has 3 aromatic rings. The molecule has 0 atom stereocenters. The van der Waals surface area contributed by atoms with Crippen molar-refractivity contribution < 1.29 is 17.9 Å². The maximum atomic E-state index is 13.3. The van der Waals surface area contributed by atoms with Crippen LogP contribution < -0.4 is 14.4 Å². The molecule has 0 fully saturated rings. The molecular formula is C23H23ClN2O4S. The van der Waals surface area contributed by atoms with Crippen molar-refractivity contribution in [3.63, 3.8) is 0 Å². The molecule has 0 bridgehead atoms.